The third-order valence-electron chi connectivity index (χ3n) is 13.8. The molecule has 15 aromatic rings. The number of fused-ring (bicyclic) bond motifs is 12. The van der Waals surface area contributed by atoms with Crippen LogP contribution in [-0.4, -0.2) is 15.0 Å². The number of aromatic nitrogens is 3. The Morgan fingerprint density at radius 1 is 0.286 bits per heavy atom. The Morgan fingerprint density at radius 2 is 0.886 bits per heavy atom. The van der Waals surface area contributed by atoms with Crippen LogP contribution in [0.5, 0.6) is 0 Å². The number of thiophene rings is 2. The SMILES string of the molecule is c1ccc(-c2nc(-c3ccc(-c4cccc5c4oc4ccccc45)cc3)nc(-c3cccc4oc5ccc(-c6c(-c7ccc8c(c7)sc7ccccc78)ccc7sc8ccccc8c67)cc5c34)n2)cc1. The number of para-hydroxylation sites is 2. The van der Waals surface area contributed by atoms with Crippen LogP contribution >= 0.6 is 22.7 Å². The van der Waals surface area contributed by atoms with E-state index in [0.29, 0.717) is 17.5 Å². The van der Waals surface area contributed by atoms with Gasteiger partial charge in [0.1, 0.15) is 22.3 Å². The quantitative estimate of drug-likeness (QED) is 0.166. The molecule has 70 heavy (non-hydrogen) atoms. The normalized spacial score (nSPS) is 12.0. The molecule has 0 saturated heterocycles. The van der Waals surface area contributed by atoms with Gasteiger partial charge in [0.05, 0.1) is 0 Å². The second-order valence-corrected chi connectivity index (χ2v) is 20.0. The van der Waals surface area contributed by atoms with Crippen LogP contribution in [0.25, 0.3) is 152 Å². The number of rotatable bonds is 6. The van der Waals surface area contributed by atoms with Crippen LogP contribution in [0.3, 0.4) is 0 Å². The highest BCUT2D eigenvalue weighted by Crippen LogP contribution is 2.48. The van der Waals surface area contributed by atoms with Gasteiger partial charge in [-0.25, -0.2) is 15.0 Å². The monoisotopic (exact) mass is 929 g/mol. The molecule has 0 N–H and O–H groups in total. The highest BCUT2D eigenvalue weighted by atomic mass is 32.1. The standard InChI is InChI=1S/C63H35N3O2S2/c1-2-12-37(13-3-1)61-64-62(38-26-24-36(25-27-38)42-17-10-18-46-43-14-4-7-20-50(43)68-60(42)46)66-63(65-61)48-19-11-21-52-58(48)49-34-40(29-32-51(49)67-52)57-41(31-33-55-59(57)47-16-6-9-23-54(47)69-55)39-28-30-45-44-15-5-8-22-53(44)70-56(45)35-39/h1-35H. The van der Waals surface area contributed by atoms with Gasteiger partial charge in [0.15, 0.2) is 17.5 Å². The largest absolute Gasteiger partial charge is 0.456 e. The highest BCUT2D eigenvalue weighted by molar-refractivity contribution is 7.26. The van der Waals surface area contributed by atoms with Gasteiger partial charge >= 0.3 is 0 Å². The zero-order chi connectivity index (χ0) is 45.9. The molecule has 0 unspecified atom stereocenters. The molecule has 0 amide bonds. The van der Waals surface area contributed by atoms with E-state index in [9.17, 15) is 0 Å². The van der Waals surface area contributed by atoms with Crippen molar-refractivity contribution in [2.75, 3.05) is 0 Å². The Kier molecular flexibility index (Phi) is 8.63. The predicted molar refractivity (Wildman–Crippen MR) is 293 cm³/mol. The van der Waals surface area contributed by atoms with Crippen molar-refractivity contribution in [2.45, 2.75) is 0 Å². The van der Waals surface area contributed by atoms with E-state index in [2.05, 4.69) is 158 Å². The maximum absolute atomic E-state index is 6.70. The van der Waals surface area contributed by atoms with Gasteiger partial charge in [-0.3, -0.25) is 0 Å². The third-order valence-corrected chi connectivity index (χ3v) is 16.1. The molecule has 15 rings (SSSR count). The molecular formula is C63H35N3O2S2. The fourth-order valence-electron chi connectivity index (χ4n) is 10.5. The Hall–Kier alpha value is -8.75. The minimum atomic E-state index is 0.571. The summed E-state index contributed by atoms with van der Waals surface area (Å²) >= 11 is 3.70. The van der Waals surface area contributed by atoms with Crippen LogP contribution in [0.15, 0.2) is 221 Å². The Morgan fingerprint density at radius 3 is 1.74 bits per heavy atom. The van der Waals surface area contributed by atoms with E-state index in [0.717, 1.165) is 77.3 Å². The smallest absolute Gasteiger partial charge is 0.164 e. The van der Waals surface area contributed by atoms with Gasteiger partial charge < -0.3 is 8.83 Å². The van der Waals surface area contributed by atoms with Crippen LogP contribution in [0.4, 0.5) is 0 Å². The van der Waals surface area contributed by atoms with Crippen LogP contribution in [0.2, 0.25) is 0 Å². The van der Waals surface area contributed by atoms with Gasteiger partial charge in [-0.1, -0.05) is 164 Å². The summed E-state index contributed by atoms with van der Waals surface area (Å²) in [6.45, 7) is 0. The molecule has 0 atom stereocenters. The minimum Gasteiger partial charge on any atom is -0.456 e. The average Bonchev–Trinajstić information content (AvgIpc) is 4.20. The summed E-state index contributed by atoms with van der Waals surface area (Å²) in [5, 5.41) is 9.27. The molecule has 0 radical (unpaired) electrons. The maximum Gasteiger partial charge on any atom is 0.164 e. The molecule has 7 heteroatoms. The van der Waals surface area contributed by atoms with Crippen LogP contribution in [0, 0.1) is 0 Å². The summed E-state index contributed by atoms with van der Waals surface area (Å²) < 4.78 is 18.2. The van der Waals surface area contributed by atoms with Gasteiger partial charge in [0.2, 0.25) is 0 Å². The highest BCUT2D eigenvalue weighted by Gasteiger charge is 2.22. The number of furan rings is 2. The topological polar surface area (TPSA) is 65.0 Å². The van der Waals surface area contributed by atoms with E-state index < -0.39 is 0 Å². The molecule has 0 aliphatic heterocycles. The summed E-state index contributed by atoms with van der Waals surface area (Å²) in [7, 11) is 0. The van der Waals surface area contributed by atoms with E-state index in [1.165, 1.54) is 57.0 Å². The van der Waals surface area contributed by atoms with Gasteiger partial charge in [-0.15, -0.1) is 22.7 Å². The van der Waals surface area contributed by atoms with E-state index in [1.807, 2.05) is 77.3 Å². The van der Waals surface area contributed by atoms with Crippen molar-refractivity contribution in [2.24, 2.45) is 0 Å². The molecule has 0 bridgehead atoms. The molecule has 5 heterocycles. The fourth-order valence-corrected chi connectivity index (χ4v) is 12.8. The van der Waals surface area contributed by atoms with Crippen molar-refractivity contribution in [3.63, 3.8) is 0 Å². The number of benzene rings is 10. The minimum absolute atomic E-state index is 0.571. The van der Waals surface area contributed by atoms with Crippen LogP contribution < -0.4 is 0 Å². The van der Waals surface area contributed by atoms with E-state index in [4.69, 9.17) is 23.8 Å². The number of hydrogen-bond acceptors (Lipinski definition) is 7. The van der Waals surface area contributed by atoms with Gasteiger partial charge in [-0.05, 0) is 76.3 Å². The van der Waals surface area contributed by atoms with Crippen molar-refractivity contribution >= 4 is 107 Å². The van der Waals surface area contributed by atoms with Crippen molar-refractivity contribution < 1.29 is 8.83 Å². The lowest BCUT2D eigenvalue weighted by molar-refractivity contribution is 0.669. The molecule has 0 fully saturated rings. The summed E-state index contributed by atoms with van der Waals surface area (Å²) in [5.41, 5.74) is 12.8. The number of nitrogens with zero attached hydrogens (tertiary/aromatic N) is 3. The molecule has 5 nitrogen and oxygen atoms in total. The molecule has 0 aliphatic rings. The van der Waals surface area contributed by atoms with Gasteiger partial charge in [0, 0.05) is 84.1 Å². The zero-order valence-electron chi connectivity index (χ0n) is 37.2. The van der Waals surface area contributed by atoms with Crippen molar-refractivity contribution in [1.82, 2.24) is 15.0 Å². The molecular weight excluding hydrogens is 895 g/mol. The molecule has 0 aliphatic carbocycles. The van der Waals surface area contributed by atoms with Crippen molar-refractivity contribution in [1.29, 1.82) is 0 Å². The first-order valence-corrected chi connectivity index (χ1v) is 24.9. The first-order chi connectivity index (χ1) is 34.7. The first kappa shape index (κ1) is 39.3. The molecule has 326 valence electrons. The molecule has 10 aromatic carbocycles. The van der Waals surface area contributed by atoms with Gasteiger partial charge in [-0.2, -0.15) is 0 Å². The lowest BCUT2D eigenvalue weighted by atomic mass is 9.89. The number of hydrogen-bond donors (Lipinski definition) is 0. The van der Waals surface area contributed by atoms with Crippen LogP contribution in [0.1, 0.15) is 0 Å². The Balaban J connectivity index is 0.908. The van der Waals surface area contributed by atoms with Gasteiger partial charge in [0.25, 0.3) is 0 Å². The lowest BCUT2D eigenvalue weighted by Gasteiger charge is -2.14. The molecule has 0 spiro atoms. The summed E-state index contributed by atoms with van der Waals surface area (Å²) in [4.78, 5) is 15.6. The second-order valence-electron chi connectivity index (χ2n) is 17.8. The Labute approximate surface area is 408 Å². The molecule has 5 aromatic heterocycles. The van der Waals surface area contributed by atoms with E-state index >= 15 is 0 Å². The second kappa shape index (κ2) is 15.4. The van der Waals surface area contributed by atoms with Crippen LogP contribution in [-0.2, 0) is 0 Å². The van der Waals surface area contributed by atoms with Crippen molar-refractivity contribution in [3.8, 4) is 67.5 Å². The summed E-state index contributed by atoms with van der Waals surface area (Å²) in [6, 6.07) is 75.0. The zero-order valence-corrected chi connectivity index (χ0v) is 38.8. The summed E-state index contributed by atoms with van der Waals surface area (Å²) in [6.07, 6.45) is 0. The maximum atomic E-state index is 6.70. The fraction of sp³-hybridized carbons (Fsp3) is 0. The van der Waals surface area contributed by atoms with Crippen molar-refractivity contribution in [3.05, 3.63) is 212 Å². The van der Waals surface area contributed by atoms with E-state index in [1.54, 1.807) is 0 Å². The van der Waals surface area contributed by atoms with E-state index in [-0.39, 0.29) is 0 Å². The summed E-state index contributed by atoms with van der Waals surface area (Å²) in [5.74, 6) is 1.75. The Bertz CT molecular complexity index is 4600. The molecule has 0 saturated carbocycles. The first-order valence-electron chi connectivity index (χ1n) is 23.3. The average molecular weight is 930 g/mol. The third kappa shape index (κ3) is 6.12. The lowest BCUT2D eigenvalue weighted by Crippen LogP contribution is -2.00. The predicted octanol–water partition coefficient (Wildman–Crippen LogP) is 18.4.